The molecule has 0 saturated carbocycles. The largest absolute Gasteiger partial charge is 0.416 e. The van der Waals surface area contributed by atoms with E-state index in [2.05, 4.69) is 14.8 Å². The van der Waals surface area contributed by atoms with Gasteiger partial charge in [0.2, 0.25) is 10.0 Å². The number of nitrogens with one attached hydrogen (secondary N) is 1. The number of halogens is 4. The summed E-state index contributed by atoms with van der Waals surface area (Å²) in [6.45, 7) is 1.07. The topological polar surface area (TPSA) is 96.7 Å². The van der Waals surface area contributed by atoms with Crippen molar-refractivity contribution in [2.24, 2.45) is 4.99 Å². The Morgan fingerprint density at radius 2 is 1.92 bits per heavy atom. The van der Waals surface area contributed by atoms with Crippen LogP contribution in [0.15, 0.2) is 52.5 Å². The Hall–Kier alpha value is -2.87. The lowest BCUT2D eigenvalue weighted by molar-refractivity contribution is -0.138. The zero-order valence-corrected chi connectivity index (χ0v) is 23.0. The average Bonchev–Trinajstić information content (AvgIpc) is 3.42. The lowest BCUT2D eigenvalue weighted by atomic mass is 10.1. The van der Waals surface area contributed by atoms with E-state index in [1.165, 1.54) is 28.6 Å². The highest BCUT2D eigenvalue weighted by molar-refractivity contribution is 8.18. The van der Waals surface area contributed by atoms with Crippen LogP contribution in [0.1, 0.15) is 29.5 Å². The predicted molar refractivity (Wildman–Crippen MR) is 146 cm³/mol. The number of alkyl halides is 3. The molecule has 0 bridgehead atoms. The molecule has 2 aromatic carbocycles. The van der Waals surface area contributed by atoms with E-state index in [0.29, 0.717) is 46.9 Å². The first-order valence-electron chi connectivity index (χ1n) is 11.9. The molecule has 5 rings (SSSR count). The third kappa shape index (κ3) is 6.48. The van der Waals surface area contributed by atoms with Crippen molar-refractivity contribution < 1.29 is 26.4 Å². The Morgan fingerprint density at radius 3 is 2.62 bits per heavy atom. The van der Waals surface area contributed by atoms with E-state index in [1.807, 2.05) is 11.0 Å². The van der Waals surface area contributed by atoms with Crippen molar-refractivity contribution in [3.63, 3.8) is 0 Å². The van der Waals surface area contributed by atoms with Gasteiger partial charge in [0.1, 0.15) is 0 Å². The Kier molecular flexibility index (Phi) is 7.53. The molecule has 1 amide bonds. The van der Waals surface area contributed by atoms with Gasteiger partial charge in [0.15, 0.2) is 5.17 Å². The standard InChI is InChI=1S/C25H23ClF3N5O3S2/c1-39(36,37)32-19-6-8-33(9-7-19)24-31-23(35)22(38-24)11-15-2-5-21-17(10-15)13-30-34(21)14-16-3-4-18(26)12-20(16)25(27,28)29/h2-5,10-13,19,32H,6-9,14H2,1H3. The molecule has 1 fully saturated rings. The van der Waals surface area contributed by atoms with Crippen LogP contribution in [0.3, 0.4) is 0 Å². The van der Waals surface area contributed by atoms with E-state index in [1.54, 1.807) is 24.4 Å². The van der Waals surface area contributed by atoms with Crippen molar-refractivity contribution in [2.45, 2.75) is 31.6 Å². The summed E-state index contributed by atoms with van der Waals surface area (Å²) in [5.74, 6) is -0.357. The maximum atomic E-state index is 13.5. The van der Waals surface area contributed by atoms with E-state index < -0.39 is 21.8 Å². The summed E-state index contributed by atoms with van der Waals surface area (Å²) < 4.78 is 67.6. The van der Waals surface area contributed by atoms with Gasteiger partial charge in [0, 0.05) is 29.5 Å². The van der Waals surface area contributed by atoms with Gasteiger partial charge < -0.3 is 4.90 Å². The molecule has 206 valence electrons. The molecular weight excluding hydrogens is 575 g/mol. The number of amides is 1. The number of fused-ring (bicyclic) bond motifs is 1. The second-order valence-corrected chi connectivity index (χ2v) is 12.6. The fraction of sp³-hybridized carbons (Fsp3) is 0.320. The summed E-state index contributed by atoms with van der Waals surface area (Å²) in [7, 11) is -3.28. The van der Waals surface area contributed by atoms with Crippen LogP contribution in [-0.2, 0) is 27.5 Å². The van der Waals surface area contributed by atoms with Crippen LogP contribution < -0.4 is 4.72 Å². The number of aromatic nitrogens is 2. The summed E-state index contributed by atoms with van der Waals surface area (Å²) >= 11 is 7.05. The minimum absolute atomic E-state index is 0.00831. The van der Waals surface area contributed by atoms with Crippen LogP contribution in [0.25, 0.3) is 17.0 Å². The van der Waals surface area contributed by atoms with Crippen LogP contribution in [0, 0.1) is 0 Å². The number of aliphatic imine (C=N–C) groups is 1. The maximum absolute atomic E-state index is 13.5. The van der Waals surface area contributed by atoms with E-state index in [-0.39, 0.29) is 29.1 Å². The molecule has 0 atom stereocenters. The number of rotatable bonds is 5. The molecule has 0 radical (unpaired) electrons. The Morgan fingerprint density at radius 1 is 1.18 bits per heavy atom. The third-order valence-corrected chi connectivity index (χ3v) is 8.46. The molecule has 14 heteroatoms. The molecule has 1 aromatic heterocycles. The molecule has 2 aliphatic rings. The zero-order chi connectivity index (χ0) is 27.9. The highest BCUT2D eigenvalue weighted by Crippen LogP contribution is 2.35. The number of benzene rings is 2. The van der Waals surface area contributed by atoms with Crippen molar-refractivity contribution in [3.05, 3.63) is 69.2 Å². The van der Waals surface area contributed by atoms with Gasteiger partial charge in [-0.3, -0.25) is 9.48 Å². The molecule has 0 spiro atoms. The first-order chi connectivity index (χ1) is 18.4. The minimum Gasteiger partial charge on any atom is -0.351 e. The molecule has 0 unspecified atom stereocenters. The maximum Gasteiger partial charge on any atom is 0.416 e. The van der Waals surface area contributed by atoms with Crippen molar-refractivity contribution in [2.75, 3.05) is 19.3 Å². The second-order valence-electron chi connectivity index (χ2n) is 9.38. The smallest absolute Gasteiger partial charge is 0.351 e. The van der Waals surface area contributed by atoms with Crippen molar-refractivity contribution in [1.82, 2.24) is 19.4 Å². The summed E-state index contributed by atoms with van der Waals surface area (Å²) in [6.07, 6.45) is 1.11. The Bertz CT molecular complexity index is 1610. The predicted octanol–water partition coefficient (Wildman–Crippen LogP) is 4.74. The van der Waals surface area contributed by atoms with E-state index in [4.69, 9.17) is 11.6 Å². The van der Waals surface area contributed by atoms with Crippen molar-refractivity contribution in [1.29, 1.82) is 0 Å². The minimum atomic E-state index is -4.54. The van der Waals surface area contributed by atoms with E-state index >= 15 is 0 Å². The highest BCUT2D eigenvalue weighted by Gasteiger charge is 2.34. The number of nitrogens with zero attached hydrogens (tertiary/aromatic N) is 4. The van der Waals surface area contributed by atoms with Gasteiger partial charge in [-0.05, 0) is 66.1 Å². The van der Waals surface area contributed by atoms with E-state index in [0.717, 1.165) is 17.9 Å². The Balaban J connectivity index is 1.29. The molecule has 8 nitrogen and oxygen atoms in total. The molecule has 1 N–H and O–H groups in total. The van der Waals surface area contributed by atoms with Gasteiger partial charge in [0.25, 0.3) is 5.91 Å². The van der Waals surface area contributed by atoms with Gasteiger partial charge in [-0.2, -0.15) is 23.3 Å². The molecule has 39 heavy (non-hydrogen) atoms. The molecule has 0 aliphatic carbocycles. The summed E-state index contributed by atoms with van der Waals surface area (Å²) in [6, 6.07) is 8.88. The number of piperidine rings is 1. The van der Waals surface area contributed by atoms with Crippen LogP contribution in [0.2, 0.25) is 5.02 Å². The fourth-order valence-corrected chi connectivity index (χ4v) is 6.59. The van der Waals surface area contributed by atoms with Crippen LogP contribution in [0.4, 0.5) is 13.2 Å². The first kappa shape index (κ1) is 27.7. The molecular formula is C25H23ClF3N5O3S2. The quantitative estimate of drug-likeness (QED) is 0.427. The monoisotopic (exact) mass is 597 g/mol. The molecule has 3 heterocycles. The van der Waals surface area contributed by atoms with Gasteiger partial charge in [-0.15, -0.1) is 0 Å². The number of likely N-dealkylation sites (tertiary alicyclic amines) is 1. The Labute approximate surface area is 232 Å². The first-order valence-corrected chi connectivity index (χ1v) is 15.0. The summed E-state index contributed by atoms with van der Waals surface area (Å²) in [5.41, 5.74) is 0.626. The van der Waals surface area contributed by atoms with Crippen LogP contribution in [-0.4, -0.2) is 59.6 Å². The summed E-state index contributed by atoms with van der Waals surface area (Å²) in [4.78, 5) is 19.2. The van der Waals surface area contributed by atoms with Gasteiger partial charge >= 0.3 is 6.18 Å². The molecule has 1 saturated heterocycles. The molecule has 2 aliphatic heterocycles. The number of thioether (sulfide) groups is 1. The van der Waals surface area contributed by atoms with Crippen LogP contribution >= 0.6 is 23.4 Å². The van der Waals surface area contributed by atoms with E-state index in [9.17, 15) is 26.4 Å². The lowest BCUT2D eigenvalue weighted by Gasteiger charge is -2.32. The number of carbonyl (C=O) groups is 1. The van der Waals surface area contributed by atoms with Gasteiger partial charge in [0.05, 0.1) is 35.0 Å². The van der Waals surface area contributed by atoms with Gasteiger partial charge in [-0.1, -0.05) is 23.7 Å². The summed E-state index contributed by atoms with van der Waals surface area (Å²) in [5, 5.41) is 5.58. The number of hydrogen-bond acceptors (Lipinski definition) is 6. The number of sulfonamides is 1. The number of hydrogen-bond donors (Lipinski definition) is 1. The number of carbonyl (C=O) groups excluding carboxylic acids is 1. The van der Waals surface area contributed by atoms with Crippen LogP contribution in [0.5, 0.6) is 0 Å². The van der Waals surface area contributed by atoms with Crippen molar-refractivity contribution >= 4 is 61.4 Å². The SMILES string of the molecule is CS(=O)(=O)NC1CCN(C2=NC(=O)C(=Cc3ccc4c(cnn4Cc4ccc(Cl)cc4C(F)(F)F)c3)S2)CC1. The number of amidine groups is 1. The van der Waals surface area contributed by atoms with Crippen molar-refractivity contribution in [3.8, 4) is 0 Å². The molecule has 3 aromatic rings. The second kappa shape index (κ2) is 10.6. The highest BCUT2D eigenvalue weighted by atomic mass is 35.5. The normalized spacial score (nSPS) is 18.4. The fourth-order valence-electron chi connectivity index (χ4n) is 4.61. The zero-order valence-electron chi connectivity index (χ0n) is 20.6. The third-order valence-electron chi connectivity index (χ3n) is 6.42. The lowest BCUT2D eigenvalue weighted by Crippen LogP contribution is -2.45. The average molecular weight is 598 g/mol. The van der Waals surface area contributed by atoms with Gasteiger partial charge in [-0.25, -0.2) is 13.1 Å².